The second kappa shape index (κ2) is 3.19. The lowest BCUT2D eigenvalue weighted by molar-refractivity contribution is -0.419. The Labute approximate surface area is 84.9 Å². The van der Waals surface area contributed by atoms with Gasteiger partial charge < -0.3 is 5.32 Å². The maximum atomic E-state index is 10.5. The summed E-state index contributed by atoms with van der Waals surface area (Å²) in [4.78, 5) is 10.0. The molecule has 0 aliphatic carbocycles. The molecule has 0 saturated carbocycles. The molecule has 0 fully saturated rings. The molecule has 2 heterocycles. The van der Waals surface area contributed by atoms with Crippen molar-refractivity contribution in [1.29, 1.82) is 0 Å². The van der Waals surface area contributed by atoms with Crippen molar-refractivity contribution in [3.05, 3.63) is 57.8 Å². The highest BCUT2D eigenvalue weighted by molar-refractivity contribution is 6.15. The third kappa shape index (κ3) is 1.38. The van der Waals surface area contributed by atoms with Crippen molar-refractivity contribution in [2.45, 2.75) is 0 Å². The van der Waals surface area contributed by atoms with Crippen molar-refractivity contribution in [2.75, 3.05) is 0 Å². The van der Waals surface area contributed by atoms with Gasteiger partial charge in [0.1, 0.15) is 0 Å². The molecule has 2 rings (SSSR count). The number of allylic oxidation sites excluding steroid dienone is 3. The monoisotopic (exact) mass is 211 g/mol. The Morgan fingerprint density at radius 1 is 1.57 bits per heavy atom. The van der Waals surface area contributed by atoms with E-state index in [9.17, 15) is 10.1 Å². The number of fused-ring (bicyclic) bond motifs is 1. The summed E-state index contributed by atoms with van der Waals surface area (Å²) in [6.07, 6.45) is 7.90. The molecule has 6 heteroatoms. The lowest BCUT2D eigenvalue weighted by atomic mass is 10.2. The van der Waals surface area contributed by atoms with E-state index in [1.54, 1.807) is 18.4 Å². The highest BCUT2D eigenvalue weighted by Crippen LogP contribution is 2.25. The van der Waals surface area contributed by atoms with E-state index in [0.717, 1.165) is 5.70 Å². The highest BCUT2D eigenvalue weighted by atomic mass is 35.5. The van der Waals surface area contributed by atoms with Crippen LogP contribution in [0, 0.1) is 10.1 Å². The molecule has 0 unspecified atom stereocenters. The van der Waals surface area contributed by atoms with Crippen molar-refractivity contribution >= 4 is 11.8 Å². The number of rotatable bonds is 1. The van der Waals surface area contributed by atoms with Gasteiger partial charge in [-0.2, -0.15) is 0 Å². The lowest BCUT2D eigenvalue weighted by Crippen LogP contribution is -2.23. The molecule has 0 bridgehead atoms. The van der Waals surface area contributed by atoms with Crippen LogP contribution in [0.5, 0.6) is 0 Å². The Morgan fingerprint density at radius 2 is 2.36 bits per heavy atom. The van der Waals surface area contributed by atoms with E-state index in [-0.39, 0.29) is 5.70 Å². The van der Waals surface area contributed by atoms with Gasteiger partial charge in [-0.3, -0.25) is 14.5 Å². The molecule has 0 aromatic carbocycles. The zero-order valence-electron chi connectivity index (χ0n) is 6.98. The molecule has 0 atom stereocenters. The van der Waals surface area contributed by atoms with Gasteiger partial charge in [0.2, 0.25) is 0 Å². The molecule has 0 aromatic heterocycles. The van der Waals surface area contributed by atoms with Gasteiger partial charge in [-0.15, -0.1) is 0 Å². The molecule has 0 spiro atoms. The van der Waals surface area contributed by atoms with Crippen LogP contribution in [-0.4, -0.2) is 9.34 Å². The molecule has 72 valence electrons. The van der Waals surface area contributed by atoms with Crippen molar-refractivity contribution in [3.63, 3.8) is 0 Å². The first-order valence-electron chi connectivity index (χ1n) is 3.85. The molecule has 1 N–H and O–H groups in total. The molecule has 0 radical (unpaired) electrons. The molecule has 0 amide bonds. The smallest absolute Gasteiger partial charge is 0.287 e. The SMILES string of the molecule is O=[N+]([O-])C1=CNC2=CC=CN(Cl)C2=C1. The standard InChI is InChI=1S/C8H6ClN3O2/c9-11-3-1-2-7-8(11)4-6(5-10-7)12(13)14/h1-5,10H. The van der Waals surface area contributed by atoms with E-state index in [2.05, 4.69) is 5.32 Å². The predicted molar refractivity (Wildman–Crippen MR) is 51.2 cm³/mol. The van der Waals surface area contributed by atoms with Gasteiger partial charge in [-0.25, -0.2) is 0 Å². The molecule has 2 aliphatic rings. The summed E-state index contributed by atoms with van der Waals surface area (Å²) in [5, 5.41) is 13.3. The lowest BCUT2D eigenvalue weighted by Gasteiger charge is -2.22. The van der Waals surface area contributed by atoms with Crippen molar-refractivity contribution < 1.29 is 4.92 Å². The van der Waals surface area contributed by atoms with Crippen molar-refractivity contribution in [3.8, 4) is 0 Å². The quantitative estimate of drug-likeness (QED) is 0.405. The van der Waals surface area contributed by atoms with Crippen LogP contribution in [0.1, 0.15) is 0 Å². The van der Waals surface area contributed by atoms with Crippen LogP contribution in [0.25, 0.3) is 0 Å². The van der Waals surface area contributed by atoms with E-state index in [1.807, 2.05) is 0 Å². The molecular formula is C8H6ClN3O2. The summed E-state index contributed by atoms with van der Waals surface area (Å²) >= 11 is 5.81. The second-order valence-electron chi connectivity index (χ2n) is 2.73. The minimum atomic E-state index is -0.472. The minimum absolute atomic E-state index is 0.0156. The maximum Gasteiger partial charge on any atom is 0.287 e. The maximum absolute atomic E-state index is 10.5. The average molecular weight is 212 g/mol. The first-order valence-corrected chi connectivity index (χ1v) is 4.19. The summed E-state index contributed by atoms with van der Waals surface area (Å²) in [5.41, 5.74) is 1.30. The molecule has 5 nitrogen and oxygen atoms in total. The summed E-state index contributed by atoms with van der Waals surface area (Å²) in [6.45, 7) is 0. The van der Waals surface area contributed by atoms with Gasteiger partial charge in [-0.05, 0) is 12.2 Å². The van der Waals surface area contributed by atoms with Gasteiger partial charge in [-0.1, -0.05) is 0 Å². The second-order valence-corrected chi connectivity index (χ2v) is 3.10. The van der Waals surface area contributed by atoms with Gasteiger partial charge in [0.15, 0.2) is 0 Å². The topological polar surface area (TPSA) is 58.4 Å². The first-order chi connectivity index (χ1) is 6.68. The van der Waals surface area contributed by atoms with Gasteiger partial charge in [0.05, 0.1) is 22.5 Å². The van der Waals surface area contributed by atoms with Crippen LogP contribution in [0.4, 0.5) is 0 Å². The number of nitro groups is 1. The number of nitrogens with zero attached hydrogens (tertiary/aromatic N) is 2. The van der Waals surface area contributed by atoms with Gasteiger partial charge >= 0.3 is 0 Å². The number of hydrogen-bond donors (Lipinski definition) is 1. The molecule has 2 aliphatic heterocycles. The van der Waals surface area contributed by atoms with Gasteiger partial charge in [0.25, 0.3) is 5.70 Å². The summed E-state index contributed by atoms with van der Waals surface area (Å²) < 4.78 is 1.30. The van der Waals surface area contributed by atoms with Crippen LogP contribution in [0.15, 0.2) is 47.7 Å². The van der Waals surface area contributed by atoms with Crippen LogP contribution in [0.3, 0.4) is 0 Å². The van der Waals surface area contributed by atoms with E-state index in [0.29, 0.717) is 5.70 Å². The Hall–Kier alpha value is -1.75. The zero-order chi connectivity index (χ0) is 10.1. The molecule has 0 aromatic rings. The zero-order valence-corrected chi connectivity index (χ0v) is 7.73. The molecule has 14 heavy (non-hydrogen) atoms. The fourth-order valence-corrected chi connectivity index (χ4v) is 1.40. The number of hydrogen-bond acceptors (Lipinski definition) is 4. The van der Waals surface area contributed by atoms with Crippen LogP contribution in [0.2, 0.25) is 0 Å². The Balaban J connectivity index is 2.37. The minimum Gasteiger partial charge on any atom is -0.354 e. The van der Waals surface area contributed by atoms with Crippen LogP contribution >= 0.6 is 11.8 Å². The average Bonchev–Trinajstić information content (AvgIpc) is 2.18. The summed E-state index contributed by atoms with van der Waals surface area (Å²) in [6, 6.07) is 0. The fraction of sp³-hybridized carbons (Fsp3) is 0. The third-order valence-corrected chi connectivity index (χ3v) is 2.15. The van der Waals surface area contributed by atoms with Crippen LogP contribution in [-0.2, 0) is 0 Å². The number of halogens is 1. The van der Waals surface area contributed by atoms with Crippen LogP contribution < -0.4 is 5.32 Å². The van der Waals surface area contributed by atoms with E-state index >= 15 is 0 Å². The van der Waals surface area contributed by atoms with Crippen molar-refractivity contribution in [1.82, 2.24) is 9.74 Å². The fourth-order valence-electron chi connectivity index (χ4n) is 1.20. The number of dihydropyridines is 1. The third-order valence-electron chi connectivity index (χ3n) is 1.86. The summed E-state index contributed by atoms with van der Waals surface area (Å²) in [7, 11) is 0. The molecule has 0 saturated heterocycles. The Morgan fingerprint density at radius 3 is 3.07 bits per heavy atom. The predicted octanol–water partition coefficient (Wildman–Crippen LogP) is 1.46. The highest BCUT2D eigenvalue weighted by Gasteiger charge is 2.21. The van der Waals surface area contributed by atoms with E-state index < -0.39 is 4.92 Å². The molecular weight excluding hydrogens is 206 g/mol. The van der Waals surface area contributed by atoms with E-state index in [1.165, 1.54) is 16.7 Å². The largest absolute Gasteiger partial charge is 0.354 e. The van der Waals surface area contributed by atoms with Gasteiger partial charge in [0, 0.05) is 24.1 Å². The normalized spacial score (nSPS) is 18.9. The van der Waals surface area contributed by atoms with E-state index in [4.69, 9.17) is 11.8 Å². The number of nitrogens with one attached hydrogen (secondary N) is 1. The Bertz CT molecular complexity index is 409. The first kappa shape index (κ1) is 8.83. The summed E-state index contributed by atoms with van der Waals surface area (Å²) in [5.74, 6) is 0. The Kier molecular flexibility index (Phi) is 2.01. The van der Waals surface area contributed by atoms with Crippen molar-refractivity contribution in [2.24, 2.45) is 0 Å².